The zero-order valence-corrected chi connectivity index (χ0v) is 18.9. The smallest absolute Gasteiger partial charge is 0.363 e. The highest BCUT2D eigenvalue weighted by molar-refractivity contribution is 6.07. The van der Waals surface area contributed by atoms with E-state index in [0.29, 0.717) is 28.0 Å². The predicted octanol–water partition coefficient (Wildman–Crippen LogP) is 4.39. The van der Waals surface area contributed by atoms with Crippen molar-refractivity contribution >= 4 is 11.9 Å². The van der Waals surface area contributed by atoms with Crippen LogP contribution in [0.3, 0.4) is 0 Å². The maximum Gasteiger partial charge on any atom is 0.363 e. The van der Waals surface area contributed by atoms with Crippen molar-refractivity contribution in [3.63, 3.8) is 0 Å². The van der Waals surface area contributed by atoms with Crippen LogP contribution in [0.2, 0.25) is 0 Å². The fraction of sp³-hybridized carbons (Fsp3) is 0.440. The topological polar surface area (TPSA) is 82.1 Å². The molecular weight excluding hydrogens is 396 g/mol. The molecule has 1 aliphatic rings. The third kappa shape index (κ3) is 3.75. The molecule has 6 heteroatoms. The monoisotopic (exact) mass is 426 g/mol. The summed E-state index contributed by atoms with van der Waals surface area (Å²) in [6.07, 6.45) is 0. The fourth-order valence-corrected chi connectivity index (χ4v) is 4.10. The number of hydrogen-bond acceptors (Lipinski definition) is 6. The minimum atomic E-state index is -2.01. The van der Waals surface area contributed by atoms with E-state index >= 15 is 0 Å². The molecule has 31 heavy (non-hydrogen) atoms. The predicted molar refractivity (Wildman–Crippen MR) is 116 cm³/mol. The summed E-state index contributed by atoms with van der Waals surface area (Å²) in [6, 6.07) is 10.8. The molecule has 0 aliphatic carbocycles. The standard InChI is InChI=1S/C25H30O6/c1-7-29-22(27)25(23(28)30-8-2)20(17-11-9-10-12-19(17)31-25)16-13-15(3)21(26)18(14-16)24(4,5)6/h9-14,20,26H,7-8H2,1-6H3. The first-order chi connectivity index (χ1) is 14.6. The van der Waals surface area contributed by atoms with E-state index in [1.165, 1.54) is 0 Å². The Kier molecular flexibility index (Phi) is 6.03. The van der Waals surface area contributed by atoms with Crippen molar-refractivity contribution in [1.82, 2.24) is 0 Å². The maximum atomic E-state index is 13.3. The molecule has 0 radical (unpaired) electrons. The lowest BCUT2D eigenvalue weighted by atomic mass is 9.75. The van der Waals surface area contributed by atoms with Crippen LogP contribution in [-0.4, -0.2) is 35.9 Å². The second-order valence-electron chi connectivity index (χ2n) is 8.73. The summed E-state index contributed by atoms with van der Waals surface area (Å²) >= 11 is 0. The van der Waals surface area contributed by atoms with Gasteiger partial charge in [-0.15, -0.1) is 0 Å². The van der Waals surface area contributed by atoms with Crippen LogP contribution < -0.4 is 4.74 Å². The number of carbonyl (C=O) groups excluding carboxylic acids is 2. The SMILES string of the molecule is CCOC(=O)C1(C(=O)OCC)Oc2ccccc2C1c1cc(C)c(O)c(C(C)(C)C)c1. The molecule has 2 aromatic carbocycles. The molecule has 0 fully saturated rings. The molecule has 0 amide bonds. The summed E-state index contributed by atoms with van der Waals surface area (Å²) in [5, 5.41) is 10.7. The fourth-order valence-electron chi connectivity index (χ4n) is 4.10. The lowest BCUT2D eigenvalue weighted by Gasteiger charge is -2.31. The molecular formula is C25H30O6. The molecule has 1 heterocycles. The van der Waals surface area contributed by atoms with Gasteiger partial charge in [-0.1, -0.05) is 51.1 Å². The van der Waals surface area contributed by atoms with Crippen molar-refractivity contribution in [2.75, 3.05) is 13.2 Å². The van der Waals surface area contributed by atoms with Gasteiger partial charge in [-0.25, -0.2) is 9.59 Å². The van der Waals surface area contributed by atoms with E-state index in [1.54, 1.807) is 39.0 Å². The Morgan fingerprint density at radius 3 is 2.19 bits per heavy atom. The number of fused-ring (bicyclic) bond motifs is 1. The highest BCUT2D eigenvalue weighted by Gasteiger charge is 2.63. The van der Waals surface area contributed by atoms with Crippen LogP contribution in [0.5, 0.6) is 11.5 Å². The van der Waals surface area contributed by atoms with Crippen LogP contribution in [0.25, 0.3) is 0 Å². The van der Waals surface area contributed by atoms with Gasteiger partial charge in [0.25, 0.3) is 0 Å². The van der Waals surface area contributed by atoms with Gasteiger partial charge in [-0.3, -0.25) is 0 Å². The zero-order chi connectivity index (χ0) is 23.0. The first kappa shape index (κ1) is 22.7. The van der Waals surface area contributed by atoms with Crippen molar-refractivity contribution < 1.29 is 28.9 Å². The molecule has 0 spiro atoms. The Bertz CT molecular complexity index is 984. The van der Waals surface area contributed by atoms with E-state index in [9.17, 15) is 14.7 Å². The lowest BCUT2D eigenvalue weighted by molar-refractivity contribution is -0.179. The maximum absolute atomic E-state index is 13.3. The number of ether oxygens (including phenoxy) is 3. The van der Waals surface area contributed by atoms with Gasteiger partial charge in [0.05, 0.1) is 19.1 Å². The summed E-state index contributed by atoms with van der Waals surface area (Å²) in [4.78, 5) is 26.5. The Morgan fingerprint density at radius 2 is 1.65 bits per heavy atom. The lowest BCUT2D eigenvalue weighted by Crippen LogP contribution is -2.55. The molecule has 3 rings (SSSR count). The molecule has 1 N–H and O–H groups in total. The quantitative estimate of drug-likeness (QED) is 0.564. The average Bonchev–Trinajstić information content (AvgIpc) is 3.06. The summed E-state index contributed by atoms with van der Waals surface area (Å²) < 4.78 is 16.7. The number of carbonyl (C=O) groups is 2. The number of hydrogen-bond donors (Lipinski definition) is 1. The molecule has 0 aromatic heterocycles. The van der Waals surface area contributed by atoms with Crippen LogP contribution in [0.1, 0.15) is 62.8 Å². The van der Waals surface area contributed by atoms with Crippen molar-refractivity contribution in [1.29, 1.82) is 0 Å². The second-order valence-corrected chi connectivity index (χ2v) is 8.73. The number of para-hydroxylation sites is 1. The Labute approximate surface area is 183 Å². The number of benzene rings is 2. The zero-order valence-electron chi connectivity index (χ0n) is 18.9. The average molecular weight is 427 g/mol. The third-order valence-electron chi connectivity index (χ3n) is 5.53. The minimum absolute atomic E-state index is 0.0915. The number of phenols is 1. The Balaban J connectivity index is 2.33. The number of rotatable bonds is 5. The van der Waals surface area contributed by atoms with Gasteiger partial charge in [-0.2, -0.15) is 0 Å². The first-order valence-corrected chi connectivity index (χ1v) is 10.5. The van der Waals surface area contributed by atoms with Crippen molar-refractivity contribution in [3.05, 3.63) is 58.7 Å². The third-order valence-corrected chi connectivity index (χ3v) is 5.53. The summed E-state index contributed by atoms with van der Waals surface area (Å²) in [5.41, 5.74) is 0.357. The van der Waals surface area contributed by atoms with Crippen molar-refractivity contribution in [2.24, 2.45) is 0 Å². The molecule has 6 nitrogen and oxygen atoms in total. The summed E-state index contributed by atoms with van der Waals surface area (Å²) in [6.45, 7) is 11.3. The number of esters is 2. The van der Waals surface area contributed by atoms with Crippen molar-refractivity contribution in [3.8, 4) is 11.5 Å². The van der Waals surface area contributed by atoms with Gasteiger partial charge >= 0.3 is 17.5 Å². The second kappa shape index (κ2) is 8.25. The van der Waals surface area contributed by atoms with E-state index in [4.69, 9.17) is 14.2 Å². The molecule has 2 aromatic rings. The molecule has 1 aliphatic heterocycles. The highest BCUT2D eigenvalue weighted by Crippen LogP contribution is 2.51. The molecule has 166 valence electrons. The number of aromatic hydroxyl groups is 1. The van der Waals surface area contributed by atoms with Crippen LogP contribution in [-0.2, 0) is 24.5 Å². The molecule has 0 saturated heterocycles. The van der Waals surface area contributed by atoms with E-state index < -0.39 is 23.5 Å². The normalized spacial score (nSPS) is 16.9. The number of aryl methyl sites for hydroxylation is 1. The van der Waals surface area contributed by atoms with Crippen LogP contribution in [0.4, 0.5) is 0 Å². The van der Waals surface area contributed by atoms with Gasteiger partial charge in [-0.05, 0) is 48.9 Å². The summed E-state index contributed by atoms with van der Waals surface area (Å²) in [7, 11) is 0. The van der Waals surface area contributed by atoms with E-state index in [0.717, 1.165) is 0 Å². The molecule has 1 unspecified atom stereocenters. The molecule has 1 atom stereocenters. The van der Waals surface area contributed by atoms with Gasteiger partial charge in [0.2, 0.25) is 0 Å². The number of phenolic OH excluding ortho intramolecular Hbond substituents is 1. The van der Waals surface area contributed by atoms with Gasteiger partial charge < -0.3 is 19.3 Å². The van der Waals surface area contributed by atoms with Crippen LogP contribution >= 0.6 is 0 Å². The van der Waals surface area contributed by atoms with Crippen molar-refractivity contribution in [2.45, 2.75) is 58.5 Å². The summed E-state index contributed by atoms with van der Waals surface area (Å²) in [5.74, 6) is -1.75. The van der Waals surface area contributed by atoms with Crippen LogP contribution in [0, 0.1) is 6.92 Å². The largest absolute Gasteiger partial charge is 0.507 e. The highest BCUT2D eigenvalue weighted by atomic mass is 16.6. The van der Waals surface area contributed by atoms with Gasteiger partial charge in [0, 0.05) is 5.56 Å². The first-order valence-electron chi connectivity index (χ1n) is 10.5. The van der Waals surface area contributed by atoms with E-state index in [-0.39, 0.29) is 24.4 Å². The van der Waals surface area contributed by atoms with E-state index in [1.807, 2.05) is 39.0 Å². The van der Waals surface area contributed by atoms with Gasteiger partial charge in [0.1, 0.15) is 11.5 Å². The minimum Gasteiger partial charge on any atom is -0.507 e. The van der Waals surface area contributed by atoms with E-state index in [2.05, 4.69) is 0 Å². The van der Waals surface area contributed by atoms with Gasteiger partial charge in [0.15, 0.2) is 0 Å². The molecule has 0 saturated carbocycles. The van der Waals surface area contributed by atoms with Crippen LogP contribution in [0.15, 0.2) is 36.4 Å². The molecule has 0 bridgehead atoms. The Hall–Kier alpha value is -3.02. The Morgan fingerprint density at radius 1 is 1.06 bits per heavy atom.